The number of hydrogen-bond acceptors (Lipinski definition) is 3. The number of fused-ring (bicyclic) bond motifs is 1. The highest BCUT2D eigenvalue weighted by molar-refractivity contribution is 5.79. The number of nitrogens with zero attached hydrogens (tertiary/aromatic N) is 3. The fraction of sp³-hybridized carbons (Fsp3) is 0.364. The molecule has 28 heavy (non-hydrogen) atoms. The molecule has 3 aromatic rings. The Labute approximate surface area is 166 Å². The van der Waals surface area contributed by atoms with Gasteiger partial charge in [0, 0.05) is 26.2 Å². The number of nitrogens with one attached hydrogen (secondary N) is 2. The monoisotopic (exact) mass is 379 g/mol. The minimum atomic E-state index is 0.697. The molecule has 0 atom stereocenters. The van der Waals surface area contributed by atoms with Crippen LogP contribution >= 0.6 is 0 Å². The zero-order valence-corrected chi connectivity index (χ0v) is 16.9. The Morgan fingerprint density at radius 1 is 1.11 bits per heavy atom. The van der Waals surface area contributed by atoms with E-state index in [-0.39, 0.29) is 0 Å². The summed E-state index contributed by atoms with van der Waals surface area (Å²) in [6.07, 6.45) is 0.839. The molecule has 0 amide bonds. The lowest BCUT2D eigenvalue weighted by Crippen LogP contribution is -2.39. The minimum absolute atomic E-state index is 0.697. The Morgan fingerprint density at radius 3 is 2.71 bits per heavy atom. The van der Waals surface area contributed by atoms with Crippen LogP contribution in [0.5, 0.6) is 5.75 Å². The van der Waals surface area contributed by atoms with Gasteiger partial charge in [-0.1, -0.05) is 30.3 Å². The molecular weight excluding hydrogens is 350 g/mol. The average molecular weight is 380 g/mol. The topological polar surface area (TPSA) is 63.5 Å². The standard InChI is InChI=1S/C22H29N5O/c1-4-23-22(24-14-13-18-9-5-8-12-21(18)28-3)25-15-16-27-17(2)26-19-10-6-7-11-20(19)27/h5-12H,4,13-16H2,1-3H3,(H2,23,24,25). The molecule has 0 aliphatic carbocycles. The van der Waals surface area contributed by atoms with Crippen molar-refractivity contribution >= 4 is 17.0 Å². The highest BCUT2D eigenvalue weighted by Crippen LogP contribution is 2.17. The molecule has 0 saturated heterocycles. The molecule has 0 aliphatic heterocycles. The Morgan fingerprint density at radius 2 is 1.89 bits per heavy atom. The molecule has 0 radical (unpaired) electrons. The van der Waals surface area contributed by atoms with Crippen LogP contribution in [0.4, 0.5) is 0 Å². The number of aromatic nitrogens is 2. The van der Waals surface area contributed by atoms with Gasteiger partial charge in [-0.2, -0.15) is 0 Å². The van der Waals surface area contributed by atoms with Gasteiger partial charge in [-0.3, -0.25) is 4.99 Å². The quantitative estimate of drug-likeness (QED) is 0.466. The van der Waals surface area contributed by atoms with Crippen LogP contribution in [0.15, 0.2) is 53.5 Å². The molecule has 1 heterocycles. The largest absolute Gasteiger partial charge is 0.496 e. The van der Waals surface area contributed by atoms with E-state index in [9.17, 15) is 0 Å². The second kappa shape index (κ2) is 9.78. The molecule has 0 bridgehead atoms. The number of para-hydroxylation sites is 3. The van der Waals surface area contributed by atoms with Crippen molar-refractivity contribution in [1.29, 1.82) is 0 Å². The molecule has 2 aromatic carbocycles. The van der Waals surface area contributed by atoms with Crippen molar-refractivity contribution in [3.05, 3.63) is 59.9 Å². The van der Waals surface area contributed by atoms with E-state index in [1.807, 2.05) is 31.2 Å². The SMILES string of the molecule is CCNC(=NCCc1ccccc1OC)NCCn1c(C)nc2ccccc21. The third-order valence-corrected chi connectivity index (χ3v) is 4.66. The van der Waals surface area contributed by atoms with Gasteiger partial charge in [0.2, 0.25) is 0 Å². The summed E-state index contributed by atoms with van der Waals surface area (Å²) >= 11 is 0. The molecule has 0 saturated carbocycles. The summed E-state index contributed by atoms with van der Waals surface area (Å²) in [6, 6.07) is 16.3. The van der Waals surface area contributed by atoms with E-state index in [2.05, 4.69) is 51.4 Å². The summed E-state index contributed by atoms with van der Waals surface area (Å²) in [6.45, 7) is 7.26. The average Bonchev–Trinajstić information content (AvgIpc) is 3.03. The van der Waals surface area contributed by atoms with E-state index in [1.165, 1.54) is 11.1 Å². The summed E-state index contributed by atoms with van der Waals surface area (Å²) in [5.41, 5.74) is 3.38. The molecule has 2 N–H and O–H groups in total. The predicted molar refractivity (Wildman–Crippen MR) is 115 cm³/mol. The highest BCUT2D eigenvalue weighted by Gasteiger charge is 2.07. The molecule has 1 aromatic heterocycles. The molecule has 3 rings (SSSR count). The molecule has 6 nitrogen and oxygen atoms in total. The first-order valence-electron chi connectivity index (χ1n) is 9.79. The lowest BCUT2D eigenvalue weighted by Gasteiger charge is -2.13. The number of hydrogen-bond donors (Lipinski definition) is 2. The molecule has 0 unspecified atom stereocenters. The number of benzene rings is 2. The van der Waals surface area contributed by atoms with Crippen LogP contribution < -0.4 is 15.4 Å². The van der Waals surface area contributed by atoms with Gasteiger partial charge in [0.15, 0.2) is 5.96 Å². The van der Waals surface area contributed by atoms with E-state index >= 15 is 0 Å². The normalized spacial score (nSPS) is 11.6. The van der Waals surface area contributed by atoms with Crippen molar-refractivity contribution in [3.8, 4) is 5.75 Å². The van der Waals surface area contributed by atoms with Crippen LogP contribution in [0, 0.1) is 6.92 Å². The Hall–Kier alpha value is -3.02. The van der Waals surface area contributed by atoms with Crippen LogP contribution in [-0.2, 0) is 13.0 Å². The lowest BCUT2D eigenvalue weighted by atomic mass is 10.1. The number of aliphatic imine (C=N–C) groups is 1. The third-order valence-electron chi connectivity index (χ3n) is 4.66. The summed E-state index contributed by atoms with van der Waals surface area (Å²) in [7, 11) is 1.70. The van der Waals surface area contributed by atoms with Crippen molar-refractivity contribution in [2.75, 3.05) is 26.7 Å². The van der Waals surface area contributed by atoms with Crippen molar-refractivity contribution in [2.24, 2.45) is 4.99 Å². The molecule has 6 heteroatoms. The first-order valence-corrected chi connectivity index (χ1v) is 9.79. The molecule has 0 spiro atoms. The summed E-state index contributed by atoms with van der Waals surface area (Å²) < 4.78 is 7.65. The van der Waals surface area contributed by atoms with Gasteiger partial charge < -0.3 is 19.9 Å². The van der Waals surface area contributed by atoms with Gasteiger partial charge in [0.1, 0.15) is 11.6 Å². The predicted octanol–water partition coefficient (Wildman–Crippen LogP) is 3.15. The van der Waals surface area contributed by atoms with Gasteiger partial charge in [-0.15, -0.1) is 0 Å². The molecule has 0 fully saturated rings. The highest BCUT2D eigenvalue weighted by atomic mass is 16.5. The fourth-order valence-electron chi connectivity index (χ4n) is 3.30. The van der Waals surface area contributed by atoms with Crippen LogP contribution in [0.25, 0.3) is 11.0 Å². The van der Waals surface area contributed by atoms with E-state index in [0.717, 1.165) is 49.1 Å². The number of ether oxygens (including phenoxy) is 1. The zero-order valence-electron chi connectivity index (χ0n) is 16.9. The summed E-state index contributed by atoms with van der Waals surface area (Å²) in [5.74, 6) is 2.78. The van der Waals surface area contributed by atoms with Crippen LogP contribution in [0.2, 0.25) is 0 Å². The second-order valence-electron chi connectivity index (χ2n) is 6.55. The van der Waals surface area contributed by atoms with E-state index in [4.69, 9.17) is 9.73 Å². The van der Waals surface area contributed by atoms with Crippen molar-refractivity contribution in [1.82, 2.24) is 20.2 Å². The smallest absolute Gasteiger partial charge is 0.191 e. The van der Waals surface area contributed by atoms with E-state index in [1.54, 1.807) is 7.11 Å². The van der Waals surface area contributed by atoms with Gasteiger partial charge >= 0.3 is 0 Å². The maximum absolute atomic E-state index is 5.41. The van der Waals surface area contributed by atoms with Crippen LogP contribution in [-0.4, -0.2) is 42.3 Å². The number of guanidine groups is 1. The molecule has 0 aliphatic rings. The number of aryl methyl sites for hydroxylation is 1. The fourth-order valence-corrected chi connectivity index (χ4v) is 3.30. The van der Waals surface area contributed by atoms with Gasteiger partial charge in [-0.25, -0.2) is 4.98 Å². The number of imidazole rings is 1. The number of methoxy groups -OCH3 is 1. The molecule has 148 valence electrons. The van der Waals surface area contributed by atoms with Crippen molar-refractivity contribution in [3.63, 3.8) is 0 Å². The Kier molecular flexibility index (Phi) is 6.89. The minimum Gasteiger partial charge on any atom is -0.496 e. The summed E-state index contributed by atoms with van der Waals surface area (Å²) in [5, 5.41) is 6.74. The Balaban J connectivity index is 1.58. The second-order valence-corrected chi connectivity index (χ2v) is 6.55. The van der Waals surface area contributed by atoms with E-state index < -0.39 is 0 Å². The van der Waals surface area contributed by atoms with E-state index in [0.29, 0.717) is 6.54 Å². The first-order chi connectivity index (χ1) is 13.7. The van der Waals surface area contributed by atoms with Gasteiger partial charge in [-0.05, 0) is 44.0 Å². The third kappa shape index (κ3) is 4.82. The summed E-state index contributed by atoms with van der Waals surface area (Å²) in [4.78, 5) is 9.33. The maximum Gasteiger partial charge on any atom is 0.191 e. The van der Waals surface area contributed by atoms with Gasteiger partial charge in [0.25, 0.3) is 0 Å². The van der Waals surface area contributed by atoms with Crippen molar-refractivity contribution < 1.29 is 4.74 Å². The maximum atomic E-state index is 5.41. The molecular formula is C22H29N5O. The lowest BCUT2D eigenvalue weighted by molar-refractivity contribution is 0.410. The van der Waals surface area contributed by atoms with Crippen molar-refractivity contribution in [2.45, 2.75) is 26.8 Å². The van der Waals surface area contributed by atoms with Crippen LogP contribution in [0.1, 0.15) is 18.3 Å². The number of rotatable bonds is 8. The Bertz CT molecular complexity index is 932. The van der Waals surface area contributed by atoms with Crippen LogP contribution in [0.3, 0.4) is 0 Å². The van der Waals surface area contributed by atoms with Gasteiger partial charge in [0.05, 0.1) is 18.1 Å². The first kappa shape index (κ1) is 19.7. The zero-order chi connectivity index (χ0) is 19.8.